The van der Waals surface area contributed by atoms with Crippen molar-refractivity contribution in [1.82, 2.24) is 5.32 Å². The zero-order valence-electron chi connectivity index (χ0n) is 19.6. The number of halogens is 1. The fraction of sp³-hybridized carbons (Fsp3) is 0.958. The second-order valence-electron chi connectivity index (χ2n) is 9.15. The molecule has 1 aliphatic heterocycles. The highest BCUT2D eigenvalue weighted by molar-refractivity contribution is 5.68. The van der Waals surface area contributed by atoms with E-state index in [2.05, 4.69) is 12.2 Å². The molecule has 1 fully saturated rings. The van der Waals surface area contributed by atoms with Gasteiger partial charge in [-0.2, -0.15) is 0 Å². The van der Waals surface area contributed by atoms with Gasteiger partial charge < -0.3 is 22.6 Å². The van der Waals surface area contributed by atoms with Gasteiger partial charge in [0.2, 0.25) is 0 Å². The molecule has 0 aromatic heterocycles. The summed E-state index contributed by atoms with van der Waals surface area (Å²) in [6.07, 6.45) is 21.7. The van der Waals surface area contributed by atoms with E-state index in [0.717, 1.165) is 25.9 Å². The molecular weight excluding hydrogens is 400 g/mol. The lowest BCUT2D eigenvalue weighted by atomic mass is 10.0. The molecule has 6 heteroatoms. The minimum Gasteiger partial charge on any atom is -1.00 e. The van der Waals surface area contributed by atoms with E-state index in [4.69, 9.17) is 0 Å². The fourth-order valence-corrected chi connectivity index (χ4v) is 4.89. The summed E-state index contributed by atoms with van der Waals surface area (Å²) in [6, 6.07) is 0. The van der Waals surface area contributed by atoms with E-state index >= 15 is 0 Å². The first kappa shape index (κ1) is 29.6. The minimum absolute atomic E-state index is 0. The molecule has 2 unspecified atom stereocenters. The topological polar surface area (TPSA) is 69.6 Å². The SMILES string of the molecule is CCCCCCCCCCCCCCCCCC1NCC[N+]1(CCO)CC(=O)O.[Cl-]. The lowest BCUT2D eigenvalue weighted by Gasteiger charge is -2.37. The molecule has 0 aromatic carbocycles. The van der Waals surface area contributed by atoms with Gasteiger partial charge in [0.05, 0.1) is 19.7 Å². The first-order valence-electron chi connectivity index (χ1n) is 12.6. The summed E-state index contributed by atoms with van der Waals surface area (Å²) in [4.78, 5) is 11.3. The summed E-state index contributed by atoms with van der Waals surface area (Å²) >= 11 is 0. The van der Waals surface area contributed by atoms with Gasteiger partial charge in [-0.25, -0.2) is 4.79 Å². The molecule has 0 spiro atoms. The molecule has 3 N–H and O–H groups in total. The maximum atomic E-state index is 11.3. The van der Waals surface area contributed by atoms with E-state index in [1.807, 2.05) is 0 Å². The molecule has 5 nitrogen and oxygen atoms in total. The summed E-state index contributed by atoms with van der Waals surface area (Å²) < 4.78 is 0.504. The Hall–Kier alpha value is -0.360. The van der Waals surface area contributed by atoms with Crippen molar-refractivity contribution in [2.75, 3.05) is 32.8 Å². The van der Waals surface area contributed by atoms with Crippen LogP contribution in [-0.2, 0) is 4.79 Å². The summed E-state index contributed by atoms with van der Waals surface area (Å²) in [5.41, 5.74) is 0. The molecule has 0 amide bonds. The van der Waals surface area contributed by atoms with E-state index in [1.54, 1.807) is 0 Å². The van der Waals surface area contributed by atoms with Crippen molar-refractivity contribution in [2.45, 2.75) is 116 Å². The van der Waals surface area contributed by atoms with Gasteiger partial charge in [0.25, 0.3) is 0 Å². The van der Waals surface area contributed by atoms with Gasteiger partial charge in [0, 0.05) is 6.42 Å². The van der Waals surface area contributed by atoms with Crippen molar-refractivity contribution in [3.63, 3.8) is 0 Å². The van der Waals surface area contributed by atoms with Gasteiger partial charge in [0.1, 0.15) is 12.7 Å². The highest BCUT2D eigenvalue weighted by atomic mass is 35.5. The van der Waals surface area contributed by atoms with E-state index in [1.165, 1.54) is 89.9 Å². The lowest BCUT2D eigenvalue weighted by Crippen LogP contribution is -3.00. The maximum absolute atomic E-state index is 11.3. The molecule has 0 aliphatic carbocycles. The van der Waals surface area contributed by atoms with Crippen LogP contribution in [0.4, 0.5) is 0 Å². The number of carboxylic acids is 1. The van der Waals surface area contributed by atoms with Gasteiger partial charge in [-0.05, 0) is 6.42 Å². The molecule has 180 valence electrons. The average molecular weight is 449 g/mol. The lowest BCUT2D eigenvalue weighted by molar-refractivity contribution is -0.934. The monoisotopic (exact) mass is 448 g/mol. The highest BCUT2D eigenvalue weighted by Crippen LogP contribution is 2.22. The Bertz CT molecular complexity index is 412. The number of hydrogen-bond acceptors (Lipinski definition) is 3. The normalized spacial score (nSPS) is 20.9. The van der Waals surface area contributed by atoms with E-state index < -0.39 is 5.97 Å². The predicted molar refractivity (Wildman–Crippen MR) is 121 cm³/mol. The molecule has 0 aromatic rings. The molecule has 2 atom stereocenters. The number of nitrogens with zero attached hydrogens (tertiary/aromatic N) is 1. The summed E-state index contributed by atoms with van der Waals surface area (Å²) in [5, 5.41) is 22.1. The molecule has 0 bridgehead atoms. The largest absolute Gasteiger partial charge is 1.00 e. The van der Waals surface area contributed by atoms with Crippen LogP contribution in [0.2, 0.25) is 0 Å². The van der Waals surface area contributed by atoms with Crippen LogP contribution in [0.25, 0.3) is 0 Å². The number of rotatable bonds is 20. The number of nitrogens with one attached hydrogen (secondary N) is 1. The van der Waals surface area contributed by atoms with Crippen molar-refractivity contribution in [2.24, 2.45) is 0 Å². The zero-order chi connectivity index (χ0) is 21.2. The van der Waals surface area contributed by atoms with Gasteiger partial charge in [-0.3, -0.25) is 9.80 Å². The second-order valence-corrected chi connectivity index (χ2v) is 9.15. The minimum atomic E-state index is -0.761. The Labute approximate surface area is 192 Å². The van der Waals surface area contributed by atoms with Crippen LogP contribution in [0.3, 0.4) is 0 Å². The summed E-state index contributed by atoms with van der Waals surface area (Å²) in [6.45, 7) is 4.68. The Morgan fingerprint density at radius 2 is 1.33 bits per heavy atom. The van der Waals surface area contributed by atoms with Crippen molar-refractivity contribution < 1.29 is 31.9 Å². The molecule has 1 heterocycles. The molecular formula is C24H49ClN2O3. The van der Waals surface area contributed by atoms with Crippen molar-refractivity contribution in [3.8, 4) is 0 Å². The number of aliphatic hydroxyl groups is 1. The third-order valence-electron chi connectivity index (χ3n) is 6.67. The van der Waals surface area contributed by atoms with Crippen LogP contribution in [0, 0.1) is 0 Å². The predicted octanol–water partition coefficient (Wildman–Crippen LogP) is 2.07. The van der Waals surface area contributed by atoms with Crippen LogP contribution in [0.5, 0.6) is 0 Å². The molecule has 0 radical (unpaired) electrons. The molecule has 30 heavy (non-hydrogen) atoms. The number of carbonyl (C=O) groups is 1. The number of aliphatic carboxylic acids is 1. The van der Waals surface area contributed by atoms with Crippen molar-refractivity contribution in [3.05, 3.63) is 0 Å². The number of aliphatic hydroxyl groups excluding tert-OH is 1. The summed E-state index contributed by atoms with van der Waals surface area (Å²) in [5.74, 6) is -0.761. The smallest absolute Gasteiger partial charge is 0.359 e. The molecule has 1 saturated heterocycles. The molecule has 1 rings (SSSR count). The first-order chi connectivity index (χ1) is 14.1. The fourth-order valence-electron chi connectivity index (χ4n) is 4.89. The quantitative estimate of drug-likeness (QED) is 0.197. The number of carboxylic acid groups (broad SMARTS) is 1. The van der Waals surface area contributed by atoms with Crippen LogP contribution < -0.4 is 17.7 Å². The Morgan fingerprint density at radius 3 is 1.77 bits per heavy atom. The molecule has 1 aliphatic rings. The van der Waals surface area contributed by atoms with Gasteiger partial charge in [-0.15, -0.1) is 0 Å². The highest BCUT2D eigenvalue weighted by Gasteiger charge is 2.42. The van der Waals surface area contributed by atoms with Gasteiger partial charge in [0.15, 0.2) is 6.54 Å². The van der Waals surface area contributed by atoms with Crippen LogP contribution in [0.15, 0.2) is 0 Å². The van der Waals surface area contributed by atoms with Crippen molar-refractivity contribution in [1.29, 1.82) is 0 Å². The van der Waals surface area contributed by atoms with Gasteiger partial charge >= 0.3 is 5.97 Å². The third kappa shape index (κ3) is 13.1. The summed E-state index contributed by atoms with van der Waals surface area (Å²) in [7, 11) is 0. The van der Waals surface area contributed by atoms with Crippen molar-refractivity contribution >= 4 is 5.97 Å². The standard InChI is InChI=1S/C24H48N2O3.ClH/c1-2-3-4-5-6-7-8-9-10-11-12-13-14-15-16-17-23-25-18-19-26(23,20-21-27)22-24(28)29;/h23,25,27H,2-22H2,1H3;1H. The van der Waals surface area contributed by atoms with Crippen LogP contribution >= 0.6 is 0 Å². The number of unbranched alkanes of at least 4 members (excludes halogenated alkanes) is 14. The number of hydrogen-bond donors (Lipinski definition) is 3. The third-order valence-corrected chi connectivity index (χ3v) is 6.67. The average Bonchev–Trinajstić information content (AvgIpc) is 3.06. The Balaban J connectivity index is 0.00000841. The maximum Gasteiger partial charge on any atom is 0.359 e. The first-order valence-corrected chi connectivity index (χ1v) is 12.6. The van der Waals surface area contributed by atoms with E-state index in [0.29, 0.717) is 11.0 Å². The van der Waals surface area contributed by atoms with E-state index in [-0.39, 0.29) is 31.7 Å². The second kappa shape index (κ2) is 19.3. The van der Waals surface area contributed by atoms with Crippen LogP contribution in [0.1, 0.15) is 110 Å². The zero-order valence-corrected chi connectivity index (χ0v) is 20.3. The van der Waals surface area contributed by atoms with E-state index in [9.17, 15) is 15.0 Å². The Kier molecular flexibility index (Phi) is 19.1. The van der Waals surface area contributed by atoms with Gasteiger partial charge in [-0.1, -0.05) is 96.8 Å². The number of quaternary nitrogens is 1. The molecule has 0 saturated carbocycles. The van der Waals surface area contributed by atoms with Crippen LogP contribution in [-0.4, -0.2) is 59.6 Å². The Morgan fingerprint density at radius 1 is 0.867 bits per heavy atom.